The summed E-state index contributed by atoms with van der Waals surface area (Å²) >= 11 is 0. The van der Waals surface area contributed by atoms with Gasteiger partial charge in [-0.2, -0.15) is 0 Å². The van der Waals surface area contributed by atoms with E-state index in [2.05, 4.69) is 58.9 Å². The summed E-state index contributed by atoms with van der Waals surface area (Å²) in [5, 5.41) is 7.93. The molecule has 142 valence electrons. The summed E-state index contributed by atoms with van der Waals surface area (Å²) in [4.78, 5) is 6.88. The van der Waals surface area contributed by atoms with Crippen molar-refractivity contribution in [2.45, 2.75) is 6.42 Å². The third-order valence-corrected chi connectivity index (χ3v) is 4.22. The normalized spacial score (nSPS) is 10.9. The van der Waals surface area contributed by atoms with Crippen molar-refractivity contribution >= 4 is 22.4 Å². The summed E-state index contributed by atoms with van der Waals surface area (Å²) in [5.74, 6) is 1.75. The van der Waals surface area contributed by atoms with Crippen LogP contribution < -0.4 is 15.4 Å². The number of fused-ring (bicyclic) bond motifs is 1. The van der Waals surface area contributed by atoms with Crippen LogP contribution in [0.3, 0.4) is 0 Å². The Bertz CT molecular complexity index is 836. The number of hydrogen-bond acceptors (Lipinski definition) is 5. The molecule has 27 heavy (non-hydrogen) atoms. The summed E-state index contributed by atoms with van der Waals surface area (Å²) in [6.45, 7) is 3.36. The molecule has 3 rings (SSSR count). The minimum atomic E-state index is 0.597. The molecule has 0 saturated heterocycles. The molecule has 1 aromatic heterocycles. The van der Waals surface area contributed by atoms with Crippen molar-refractivity contribution in [1.29, 1.82) is 0 Å². The van der Waals surface area contributed by atoms with Gasteiger partial charge in [0.05, 0.1) is 12.1 Å². The fraction of sp³-hybridized carbons (Fsp3) is 0.318. The minimum Gasteiger partial charge on any atom is -0.492 e. The summed E-state index contributed by atoms with van der Waals surface area (Å²) in [5.41, 5.74) is 2.13. The number of nitrogens with one attached hydrogen (secondary N) is 2. The summed E-state index contributed by atoms with van der Waals surface area (Å²) in [6.07, 6.45) is 1.12. The van der Waals surface area contributed by atoms with Crippen LogP contribution in [0.2, 0.25) is 0 Å². The molecule has 3 aromatic rings. The largest absolute Gasteiger partial charge is 0.492 e. The Hall–Kier alpha value is -2.79. The zero-order valence-corrected chi connectivity index (χ0v) is 16.1. The van der Waals surface area contributed by atoms with Gasteiger partial charge in [-0.15, -0.1) is 0 Å². The van der Waals surface area contributed by atoms with Crippen LogP contribution in [-0.4, -0.2) is 50.2 Å². The molecule has 0 unspecified atom stereocenters. The number of pyridine rings is 1. The van der Waals surface area contributed by atoms with Gasteiger partial charge in [-0.25, -0.2) is 4.98 Å². The summed E-state index contributed by atoms with van der Waals surface area (Å²) in [6, 6.07) is 20.3. The quantitative estimate of drug-likeness (QED) is 0.531. The Morgan fingerprint density at radius 2 is 1.78 bits per heavy atom. The van der Waals surface area contributed by atoms with Crippen LogP contribution in [0.5, 0.6) is 5.75 Å². The molecule has 0 atom stereocenters. The Kier molecular flexibility index (Phi) is 6.88. The Labute approximate surface area is 161 Å². The van der Waals surface area contributed by atoms with Crippen molar-refractivity contribution in [3.05, 3.63) is 60.7 Å². The lowest BCUT2D eigenvalue weighted by atomic mass is 10.2. The first-order valence-corrected chi connectivity index (χ1v) is 9.42. The Morgan fingerprint density at radius 1 is 0.926 bits per heavy atom. The molecule has 2 aromatic carbocycles. The topological polar surface area (TPSA) is 49.4 Å². The van der Waals surface area contributed by atoms with Crippen LogP contribution in [0.1, 0.15) is 6.42 Å². The van der Waals surface area contributed by atoms with E-state index in [1.54, 1.807) is 0 Å². The number of hydrogen-bond donors (Lipinski definition) is 2. The van der Waals surface area contributed by atoms with Gasteiger partial charge in [-0.3, -0.25) is 0 Å². The van der Waals surface area contributed by atoms with Gasteiger partial charge in [0.15, 0.2) is 0 Å². The predicted molar refractivity (Wildman–Crippen MR) is 114 cm³/mol. The van der Waals surface area contributed by atoms with Crippen molar-refractivity contribution in [2.24, 2.45) is 0 Å². The molecule has 0 aliphatic heterocycles. The average Bonchev–Trinajstić information content (AvgIpc) is 2.69. The molecule has 0 aliphatic carbocycles. The number of ether oxygens (including phenoxy) is 1. The van der Waals surface area contributed by atoms with Crippen LogP contribution >= 0.6 is 0 Å². The van der Waals surface area contributed by atoms with E-state index < -0.39 is 0 Å². The summed E-state index contributed by atoms with van der Waals surface area (Å²) < 4.78 is 5.69. The molecule has 0 spiro atoms. The fourth-order valence-corrected chi connectivity index (χ4v) is 2.83. The molecule has 5 heteroatoms. The van der Waals surface area contributed by atoms with Gasteiger partial charge in [-0.05, 0) is 69.5 Å². The molecular formula is C22H28N4O. The second-order valence-electron chi connectivity index (χ2n) is 6.78. The number of aromatic nitrogens is 1. The van der Waals surface area contributed by atoms with E-state index in [1.807, 2.05) is 36.4 Å². The van der Waals surface area contributed by atoms with Gasteiger partial charge < -0.3 is 20.3 Å². The maximum atomic E-state index is 5.69. The van der Waals surface area contributed by atoms with Crippen LogP contribution in [0.4, 0.5) is 11.5 Å². The number of benzene rings is 2. The maximum Gasteiger partial charge on any atom is 0.126 e. The minimum absolute atomic E-state index is 0.597. The van der Waals surface area contributed by atoms with E-state index in [0.717, 1.165) is 47.7 Å². The Balaban J connectivity index is 1.49. The lowest BCUT2D eigenvalue weighted by molar-refractivity contribution is 0.333. The third kappa shape index (κ3) is 6.15. The molecule has 0 amide bonds. The average molecular weight is 364 g/mol. The van der Waals surface area contributed by atoms with Gasteiger partial charge in [0.1, 0.15) is 18.2 Å². The van der Waals surface area contributed by atoms with Crippen molar-refractivity contribution in [3.8, 4) is 5.75 Å². The second kappa shape index (κ2) is 9.78. The zero-order valence-electron chi connectivity index (χ0n) is 16.1. The van der Waals surface area contributed by atoms with Gasteiger partial charge in [0, 0.05) is 17.6 Å². The van der Waals surface area contributed by atoms with Gasteiger partial charge in [-0.1, -0.05) is 18.2 Å². The van der Waals surface area contributed by atoms with Crippen molar-refractivity contribution < 1.29 is 4.74 Å². The van der Waals surface area contributed by atoms with E-state index in [1.165, 1.54) is 0 Å². The van der Waals surface area contributed by atoms with Crippen LogP contribution in [0.25, 0.3) is 10.9 Å². The Morgan fingerprint density at radius 3 is 2.59 bits per heavy atom. The maximum absolute atomic E-state index is 5.69. The monoisotopic (exact) mass is 364 g/mol. The van der Waals surface area contributed by atoms with Gasteiger partial charge in [0.2, 0.25) is 0 Å². The SMILES string of the molecule is CN(C)CCCNc1ccc2nc(NCCOc3ccccc3)ccc2c1. The first-order chi connectivity index (χ1) is 13.2. The molecule has 0 radical (unpaired) electrons. The first-order valence-electron chi connectivity index (χ1n) is 9.42. The number of anilines is 2. The van der Waals surface area contributed by atoms with E-state index in [0.29, 0.717) is 13.2 Å². The van der Waals surface area contributed by atoms with E-state index in [4.69, 9.17) is 4.74 Å². The van der Waals surface area contributed by atoms with Crippen LogP contribution in [0.15, 0.2) is 60.7 Å². The molecule has 1 heterocycles. The van der Waals surface area contributed by atoms with E-state index >= 15 is 0 Å². The second-order valence-corrected chi connectivity index (χ2v) is 6.78. The lowest BCUT2D eigenvalue weighted by Crippen LogP contribution is -2.16. The highest BCUT2D eigenvalue weighted by molar-refractivity contribution is 5.83. The first kappa shape index (κ1) is 19.0. The molecule has 0 bridgehead atoms. The molecule has 5 nitrogen and oxygen atoms in total. The predicted octanol–water partition coefficient (Wildman–Crippen LogP) is 4.09. The van der Waals surface area contributed by atoms with Crippen LogP contribution in [-0.2, 0) is 0 Å². The zero-order chi connectivity index (χ0) is 18.9. The number of nitrogens with zero attached hydrogens (tertiary/aromatic N) is 2. The van der Waals surface area contributed by atoms with Crippen molar-refractivity contribution in [3.63, 3.8) is 0 Å². The molecule has 2 N–H and O–H groups in total. The fourth-order valence-electron chi connectivity index (χ4n) is 2.83. The third-order valence-electron chi connectivity index (χ3n) is 4.22. The lowest BCUT2D eigenvalue weighted by Gasteiger charge is -2.11. The molecule has 0 fully saturated rings. The molecule has 0 aliphatic rings. The van der Waals surface area contributed by atoms with Gasteiger partial charge in [0.25, 0.3) is 0 Å². The highest BCUT2D eigenvalue weighted by Crippen LogP contribution is 2.20. The molecule has 0 saturated carbocycles. The highest BCUT2D eigenvalue weighted by Gasteiger charge is 2.01. The van der Waals surface area contributed by atoms with E-state index in [9.17, 15) is 0 Å². The number of rotatable bonds is 10. The van der Waals surface area contributed by atoms with Crippen LogP contribution in [0, 0.1) is 0 Å². The van der Waals surface area contributed by atoms with Crippen molar-refractivity contribution in [2.75, 3.05) is 51.0 Å². The van der Waals surface area contributed by atoms with E-state index in [-0.39, 0.29) is 0 Å². The highest BCUT2D eigenvalue weighted by atomic mass is 16.5. The molecular weight excluding hydrogens is 336 g/mol. The van der Waals surface area contributed by atoms with Crippen molar-refractivity contribution in [1.82, 2.24) is 9.88 Å². The smallest absolute Gasteiger partial charge is 0.126 e. The number of para-hydroxylation sites is 1. The standard InChI is InChI=1S/C22H28N4O/c1-26(2)15-6-13-23-19-10-11-21-18(17-19)9-12-22(25-21)24-14-16-27-20-7-4-3-5-8-20/h3-5,7-12,17,23H,6,13-16H2,1-2H3,(H,24,25). The summed E-state index contributed by atoms with van der Waals surface area (Å²) in [7, 11) is 4.20. The van der Waals surface area contributed by atoms with Gasteiger partial charge >= 0.3 is 0 Å².